The summed E-state index contributed by atoms with van der Waals surface area (Å²) >= 11 is 0. The largest absolute Gasteiger partial charge is 0.485 e. The third-order valence-electron chi connectivity index (χ3n) is 3.19. The molecule has 3 rings (SSSR count). The van der Waals surface area contributed by atoms with Crippen LogP contribution in [0.2, 0.25) is 0 Å². The molecule has 0 saturated heterocycles. The maximum atomic E-state index is 11.6. The summed E-state index contributed by atoms with van der Waals surface area (Å²) in [5, 5.41) is 0. The lowest BCUT2D eigenvalue weighted by Gasteiger charge is -2.11. The molecule has 0 bridgehead atoms. The number of allylic oxidation sites excluding steroid dienone is 3. The van der Waals surface area contributed by atoms with Gasteiger partial charge in [0.25, 0.3) is 0 Å². The number of carbonyl (C=O) groups excluding carboxylic acids is 2. The highest BCUT2D eigenvalue weighted by molar-refractivity contribution is 6.16. The molecule has 23 heavy (non-hydrogen) atoms. The Morgan fingerprint density at radius 3 is 2.43 bits per heavy atom. The molecule has 0 unspecified atom stereocenters. The second-order valence-electron chi connectivity index (χ2n) is 4.96. The molecule has 1 aliphatic carbocycles. The summed E-state index contributed by atoms with van der Waals surface area (Å²) in [6.07, 6.45) is 3.64. The van der Waals surface area contributed by atoms with Crippen molar-refractivity contribution < 1.29 is 19.1 Å². The van der Waals surface area contributed by atoms with E-state index in [2.05, 4.69) is 0 Å². The van der Waals surface area contributed by atoms with Gasteiger partial charge in [0, 0.05) is 6.08 Å². The van der Waals surface area contributed by atoms with Crippen LogP contribution in [0, 0.1) is 0 Å². The fourth-order valence-corrected chi connectivity index (χ4v) is 2.09. The number of para-hydroxylation sites is 1. The van der Waals surface area contributed by atoms with Crippen molar-refractivity contribution in [2.24, 2.45) is 0 Å². The van der Waals surface area contributed by atoms with Gasteiger partial charge in [-0.1, -0.05) is 30.3 Å². The van der Waals surface area contributed by atoms with E-state index in [1.807, 2.05) is 54.6 Å². The average Bonchev–Trinajstić information content (AvgIpc) is 2.57. The van der Waals surface area contributed by atoms with Crippen LogP contribution in [-0.2, 0) is 20.9 Å². The predicted molar refractivity (Wildman–Crippen MR) is 85.0 cm³/mol. The summed E-state index contributed by atoms with van der Waals surface area (Å²) < 4.78 is 11.2. The Hall–Kier alpha value is -3.14. The van der Waals surface area contributed by atoms with Gasteiger partial charge in [0.1, 0.15) is 18.1 Å². The topological polar surface area (TPSA) is 52.6 Å². The Morgan fingerprint density at radius 1 is 0.826 bits per heavy atom. The van der Waals surface area contributed by atoms with Crippen molar-refractivity contribution in [3.63, 3.8) is 0 Å². The summed E-state index contributed by atoms with van der Waals surface area (Å²) in [6.45, 7) is 0.185. The van der Waals surface area contributed by atoms with Crippen LogP contribution in [0.1, 0.15) is 5.56 Å². The van der Waals surface area contributed by atoms with E-state index < -0.39 is 0 Å². The smallest absolute Gasteiger partial charge is 0.220 e. The molecular weight excluding hydrogens is 292 g/mol. The SMILES string of the molecule is O=C1C=CC(=O)C(OCc2cccc(Oc3ccccc3)c2)=C1. The van der Waals surface area contributed by atoms with Gasteiger partial charge in [-0.2, -0.15) is 0 Å². The van der Waals surface area contributed by atoms with E-state index in [0.29, 0.717) is 5.75 Å². The van der Waals surface area contributed by atoms with E-state index in [-0.39, 0.29) is 23.9 Å². The van der Waals surface area contributed by atoms with Crippen LogP contribution in [0.5, 0.6) is 11.5 Å². The molecule has 1 aliphatic rings. The van der Waals surface area contributed by atoms with Crippen molar-refractivity contribution in [1.29, 1.82) is 0 Å². The van der Waals surface area contributed by atoms with Crippen LogP contribution in [0.3, 0.4) is 0 Å². The highest BCUT2D eigenvalue weighted by atomic mass is 16.5. The number of hydrogen-bond donors (Lipinski definition) is 0. The van der Waals surface area contributed by atoms with E-state index in [1.54, 1.807) is 0 Å². The van der Waals surface area contributed by atoms with E-state index in [1.165, 1.54) is 18.2 Å². The third-order valence-corrected chi connectivity index (χ3v) is 3.19. The fourth-order valence-electron chi connectivity index (χ4n) is 2.09. The van der Waals surface area contributed by atoms with Crippen LogP contribution in [0.25, 0.3) is 0 Å². The van der Waals surface area contributed by atoms with Crippen LogP contribution < -0.4 is 4.74 Å². The first kappa shape index (κ1) is 14.8. The predicted octanol–water partition coefficient (Wildman–Crippen LogP) is 3.59. The van der Waals surface area contributed by atoms with E-state index in [9.17, 15) is 9.59 Å². The van der Waals surface area contributed by atoms with Crippen molar-refractivity contribution in [2.45, 2.75) is 6.61 Å². The molecule has 0 radical (unpaired) electrons. The minimum Gasteiger partial charge on any atom is -0.485 e. The molecule has 0 saturated carbocycles. The Morgan fingerprint density at radius 2 is 1.61 bits per heavy atom. The Kier molecular flexibility index (Phi) is 4.34. The zero-order valence-electron chi connectivity index (χ0n) is 12.3. The average molecular weight is 306 g/mol. The normalized spacial score (nSPS) is 13.7. The molecule has 0 spiro atoms. The van der Waals surface area contributed by atoms with Crippen LogP contribution >= 0.6 is 0 Å². The van der Waals surface area contributed by atoms with Crippen LogP contribution in [-0.4, -0.2) is 11.6 Å². The second-order valence-corrected chi connectivity index (χ2v) is 4.96. The quantitative estimate of drug-likeness (QED) is 0.792. The van der Waals surface area contributed by atoms with Gasteiger partial charge < -0.3 is 9.47 Å². The zero-order chi connectivity index (χ0) is 16.1. The summed E-state index contributed by atoms with van der Waals surface area (Å²) in [6, 6.07) is 16.8. The molecule has 4 nitrogen and oxygen atoms in total. The highest BCUT2D eigenvalue weighted by Gasteiger charge is 2.14. The maximum absolute atomic E-state index is 11.6. The third kappa shape index (κ3) is 3.95. The first-order valence-corrected chi connectivity index (χ1v) is 7.13. The molecule has 0 fully saturated rings. The van der Waals surface area contributed by atoms with Gasteiger partial charge in [0.15, 0.2) is 11.5 Å². The molecule has 0 heterocycles. The Labute approximate surface area is 133 Å². The van der Waals surface area contributed by atoms with Crippen molar-refractivity contribution in [3.8, 4) is 11.5 Å². The maximum Gasteiger partial charge on any atom is 0.220 e. The first-order chi connectivity index (χ1) is 11.2. The summed E-state index contributed by atoms with van der Waals surface area (Å²) in [5.74, 6) is 0.928. The minimum atomic E-state index is -0.304. The highest BCUT2D eigenvalue weighted by Crippen LogP contribution is 2.22. The molecule has 0 amide bonds. The molecule has 2 aromatic rings. The second kappa shape index (κ2) is 6.75. The summed E-state index contributed by atoms with van der Waals surface area (Å²) in [4.78, 5) is 22.9. The van der Waals surface area contributed by atoms with E-state index in [4.69, 9.17) is 9.47 Å². The van der Waals surface area contributed by atoms with Crippen molar-refractivity contribution in [3.05, 3.63) is 84.1 Å². The molecule has 0 N–H and O–H groups in total. The number of hydrogen-bond acceptors (Lipinski definition) is 4. The molecule has 114 valence electrons. The number of ether oxygens (including phenoxy) is 2. The lowest BCUT2D eigenvalue weighted by atomic mass is 10.1. The van der Waals surface area contributed by atoms with Crippen molar-refractivity contribution in [1.82, 2.24) is 0 Å². The number of carbonyl (C=O) groups is 2. The monoisotopic (exact) mass is 306 g/mol. The van der Waals surface area contributed by atoms with Crippen LogP contribution in [0.4, 0.5) is 0 Å². The standard InChI is InChI=1S/C19H14O4/c20-15-9-10-18(21)19(12-15)22-13-14-5-4-8-17(11-14)23-16-6-2-1-3-7-16/h1-12H,13H2. The molecule has 4 heteroatoms. The lowest BCUT2D eigenvalue weighted by Crippen LogP contribution is -2.10. The number of benzene rings is 2. The van der Waals surface area contributed by atoms with E-state index >= 15 is 0 Å². The van der Waals surface area contributed by atoms with E-state index in [0.717, 1.165) is 11.3 Å². The Balaban J connectivity index is 1.66. The first-order valence-electron chi connectivity index (χ1n) is 7.13. The van der Waals surface area contributed by atoms with Crippen molar-refractivity contribution in [2.75, 3.05) is 0 Å². The van der Waals surface area contributed by atoms with Crippen molar-refractivity contribution >= 4 is 11.6 Å². The van der Waals surface area contributed by atoms with Gasteiger partial charge in [-0.3, -0.25) is 9.59 Å². The van der Waals surface area contributed by atoms with Gasteiger partial charge in [-0.05, 0) is 42.0 Å². The van der Waals surface area contributed by atoms with Gasteiger partial charge >= 0.3 is 0 Å². The molecule has 2 aromatic carbocycles. The zero-order valence-corrected chi connectivity index (χ0v) is 12.3. The fraction of sp³-hybridized carbons (Fsp3) is 0.0526. The molecule has 0 atom stereocenters. The molecule has 0 aliphatic heterocycles. The molecular formula is C19H14O4. The lowest BCUT2D eigenvalue weighted by molar-refractivity contribution is -0.117. The van der Waals surface area contributed by atoms with Gasteiger partial charge in [-0.25, -0.2) is 0 Å². The minimum absolute atomic E-state index is 0.0619. The Bertz CT molecular complexity index is 788. The van der Waals surface area contributed by atoms with Gasteiger partial charge in [0.05, 0.1) is 0 Å². The van der Waals surface area contributed by atoms with Gasteiger partial charge in [-0.15, -0.1) is 0 Å². The molecule has 0 aromatic heterocycles. The number of ketones is 2. The van der Waals surface area contributed by atoms with Gasteiger partial charge in [0.2, 0.25) is 5.78 Å². The number of rotatable bonds is 5. The van der Waals surface area contributed by atoms with Crippen LogP contribution in [0.15, 0.2) is 78.6 Å². The summed E-state index contributed by atoms with van der Waals surface area (Å²) in [7, 11) is 0. The summed E-state index contributed by atoms with van der Waals surface area (Å²) in [5.41, 5.74) is 0.842.